The normalized spacial score (nSPS) is 13.6. The molecular weight excluding hydrogens is 334 g/mol. The molecule has 0 atom stereocenters. The number of hydrogen-bond donors (Lipinski definition) is 1. The first kappa shape index (κ1) is 16.3. The molecule has 134 valence electrons. The second-order valence-electron chi connectivity index (χ2n) is 6.11. The molecule has 3 aromatic rings. The first-order valence-electron chi connectivity index (χ1n) is 8.52. The standard InChI is InChI=1S/C18H19N5O3/c1-25-14-6-4-12(5-7-14)17-21-20-15-8-9-16(22-23(15)17)26-11-10-19-18(24)13-2-3-13/h4-9,13H,2-3,10-11H2,1H3,(H,19,24). The van der Waals surface area contributed by atoms with Gasteiger partial charge in [0.15, 0.2) is 11.5 Å². The Labute approximate surface area is 150 Å². The SMILES string of the molecule is COc1ccc(-c2nnc3ccc(OCCNC(=O)C4CC4)nn23)cc1. The van der Waals surface area contributed by atoms with E-state index < -0.39 is 0 Å². The molecule has 0 spiro atoms. The van der Waals surface area contributed by atoms with Crippen LogP contribution in [0.25, 0.3) is 17.0 Å². The molecule has 1 fully saturated rings. The highest BCUT2D eigenvalue weighted by Gasteiger charge is 2.29. The van der Waals surface area contributed by atoms with Crippen LogP contribution in [-0.4, -0.2) is 46.0 Å². The van der Waals surface area contributed by atoms with E-state index in [4.69, 9.17) is 9.47 Å². The van der Waals surface area contributed by atoms with E-state index in [2.05, 4.69) is 20.6 Å². The van der Waals surface area contributed by atoms with Crippen LogP contribution in [0.15, 0.2) is 36.4 Å². The Morgan fingerprint density at radius 3 is 2.73 bits per heavy atom. The summed E-state index contributed by atoms with van der Waals surface area (Å²) in [5.74, 6) is 2.15. The Morgan fingerprint density at radius 2 is 2.00 bits per heavy atom. The van der Waals surface area contributed by atoms with Gasteiger partial charge in [-0.1, -0.05) is 0 Å². The van der Waals surface area contributed by atoms with Gasteiger partial charge in [0, 0.05) is 17.5 Å². The van der Waals surface area contributed by atoms with Crippen molar-refractivity contribution in [3.8, 4) is 23.0 Å². The van der Waals surface area contributed by atoms with E-state index in [9.17, 15) is 4.79 Å². The summed E-state index contributed by atoms with van der Waals surface area (Å²) >= 11 is 0. The highest BCUT2D eigenvalue weighted by atomic mass is 16.5. The molecule has 2 aromatic heterocycles. The number of hydrogen-bond acceptors (Lipinski definition) is 6. The fourth-order valence-corrected chi connectivity index (χ4v) is 2.59. The zero-order valence-corrected chi connectivity index (χ0v) is 14.4. The molecule has 1 aliphatic rings. The van der Waals surface area contributed by atoms with Crippen LogP contribution >= 0.6 is 0 Å². The zero-order valence-electron chi connectivity index (χ0n) is 14.4. The van der Waals surface area contributed by atoms with Gasteiger partial charge >= 0.3 is 0 Å². The summed E-state index contributed by atoms with van der Waals surface area (Å²) in [5.41, 5.74) is 1.50. The zero-order chi connectivity index (χ0) is 17.9. The minimum Gasteiger partial charge on any atom is -0.497 e. The minimum absolute atomic E-state index is 0.109. The van der Waals surface area contributed by atoms with Gasteiger partial charge < -0.3 is 14.8 Å². The number of carbonyl (C=O) groups is 1. The van der Waals surface area contributed by atoms with Crippen molar-refractivity contribution < 1.29 is 14.3 Å². The maximum absolute atomic E-state index is 11.6. The smallest absolute Gasteiger partial charge is 0.231 e. The Morgan fingerprint density at radius 1 is 1.19 bits per heavy atom. The van der Waals surface area contributed by atoms with Gasteiger partial charge in [0.25, 0.3) is 0 Å². The maximum atomic E-state index is 11.6. The van der Waals surface area contributed by atoms with E-state index in [-0.39, 0.29) is 11.8 Å². The average molecular weight is 353 g/mol. The largest absolute Gasteiger partial charge is 0.497 e. The van der Waals surface area contributed by atoms with Crippen LogP contribution < -0.4 is 14.8 Å². The summed E-state index contributed by atoms with van der Waals surface area (Å²) in [6.07, 6.45) is 1.99. The number of amides is 1. The van der Waals surface area contributed by atoms with Crippen LogP contribution in [0.3, 0.4) is 0 Å². The third-order valence-electron chi connectivity index (χ3n) is 4.19. The Bertz CT molecular complexity index is 918. The van der Waals surface area contributed by atoms with E-state index in [0.717, 1.165) is 24.2 Å². The Hall–Kier alpha value is -3.16. The predicted octanol–water partition coefficient (Wildman–Crippen LogP) is 1.70. The van der Waals surface area contributed by atoms with E-state index in [1.807, 2.05) is 24.3 Å². The Balaban J connectivity index is 1.46. The number of nitrogens with zero attached hydrogens (tertiary/aromatic N) is 4. The monoisotopic (exact) mass is 353 g/mol. The van der Waals surface area contributed by atoms with E-state index in [1.54, 1.807) is 23.8 Å². The first-order chi connectivity index (χ1) is 12.7. The molecule has 1 N–H and O–H groups in total. The van der Waals surface area contributed by atoms with E-state index in [0.29, 0.717) is 30.5 Å². The third kappa shape index (κ3) is 3.44. The topological polar surface area (TPSA) is 90.6 Å². The first-order valence-corrected chi connectivity index (χ1v) is 8.52. The van der Waals surface area contributed by atoms with Crippen molar-refractivity contribution in [2.75, 3.05) is 20.3 Å². The van der Waals surface area contributed by atoms with Crippen LogP contribution in [-0.2, 0) is 4.79 Å². The summed E-state index contributed by atoms with van der Waals surface area (Å²) < 4.78 is 12.5. The number of aromatic nitrogens is 4. The third-order valence-corrected chi connectivity index (χ3v) is 4.19. The fraction of sp³-hybridized carbons (Fsp3) is 0.333. The van der Waals surface area contributed by atoms with Gasteiger partial charge in [0.2, 0.25) is 11.8 Å². The quantitative estimate of drug-likeness (QED) is 0.650. The molecular formula is C18H19N5O3. The van der Waals surface area contributed by atoms with Gasteiger partial charge in [-0.05, 0) is 43.2 Å². The molecule has 0 bridgehead atoms. The number of methoxy groups -OCH3 is 1. The lowest BCUT2D eigenvalue weighted by atomic mass is 10.2. The molecule has 2 heterocycles. The second-order valence-corrected chi connectivity index (χ2v) is 6.11. The predicted molar refractivity (Wildman–Crippen MR) is 94.0 cm³/mol. The molecule has 0 aliphatic heterocycles. The van der Waals surface area contributed by atoms with Gasteiger partial charge in [-0.3, -0.25) is 4.79 Å². The number of carbonyl (C=O) groups excluding carboxylic acids is 1. The minimum atomic E-state index is 0.109. The van der Waals surface area contributed by atoms with Gasteiger partial charge in [0.05, 0.1) is 13.7 Å². The summed E-state index contributed by atoms with van der Waals surface area (Å²) in [6, 6.07) is 11.1. The molecule has 8 nitrogen and oxygen atoms in total. The van der Waals surface area contributed by atoms with Crippen LogP contribution in [0.5, 0.6) is 11.6 Å². The number of ether oxygens (including phenoxy) is 2. The van der Waals surface area contributed by atoms with Crippen molar-refractivity contribution in [2.24, 2.45) is 5.92 Å². The molecule has 0 saturated heterocycles. The fourth-order valence-electron chi connectivity index (χ4n) is 2.59. The highest BCUT2D eigenvalue weighted by Crippen LogP contribution is 2.28. The molecule has 1 saturated carbocycles. The van der Waals surface area contributed by atoms with Crippen molar-refractivity contribution in [3.05, 3.63) is 36.4 Å². The summed E-state index contributed by atoms with van der Waals surface area (Å²) in [7, 11) is 1.62. The molecule has 1 amide bonds. The lowest BCUT2D eigenvalue weighted by molar-refractivity contribution is -0.122. The van der Waals surface area contributed by atoms with Gasteiger partial charge in [-0.15, -0.1) is 15.3 Å². The van der Waals surface area contributed by atoms with Crippen LogP contribution in [0.4, 0.5) is 0 Å². The van der Waals surface area contributed by atoms with Crippen molar-refractivity contribution in [1.82, 2.24) is 25.1 Å². The van der Waals surface area contributed by atoms with Crippen molar-refractivity contribution in [2.45, 2.75) is 12.8 Å². The summed E-state index contributed by atoms with van der Waals surface area (Å²) in [5, 5.41) is 15.6. The van der Waals surface area contributed by atoms with Crippen molar-refractivity contribution >= 4 is 11.6 Å². The van der Waals surface area contributed by atoms with Gasteiger partial charge in [-0.25, -0.2) is 0 Å². The summed E-state index contributed by atoms with van der Waals surface area (Å²) in [4.78, 5) is 11.6. The Kier molecular flexibility index (Phi) is 4.39. The molecule has 8 heteroatoms. The number of rotatable bonds is 7. The van der Waals surface area contributed by atoms with Crippen LogP contribution in [0.1, 0.15) is 12.8 Å². The molecule has 1 aliphatic carbocycles. The summed E-state index contributed by atoms with van der Waals surface area (Å²) in [6.45, 7) is 0.819. The second kappa shape index (κ2) is 6.99. The lowest BCUT2D eigenvalue weighted by Gasteiger charge is -2.07. The molecule has 26 heavy (non-hydrogen) atoms. The lowest BCUT2D eigenvalue weighted by Crippen LogP contribution is -2.29. The number of fused-ring (bicyclic) bond motifs is 1. The molecule has 0 radical (unpaired) electrons. The van der Waals surface area contributed by atoms with Crippen LogP contribution in [0.2, 0.25) is 0 Å². The average Bonchev–Trinajstić information content (AvgIpc) is 3.45. The van der Waals surface area contributed by atoms with E-state index in [1.165, 1.54) is 0 Å². The molecule has 1 aromatic carbocycles. The maximum Gasteiger partial charge on any atom is 0.231 e. The number of nitrogens with one attached hydrogen (secondary N) is 1. The van der Waals surface area contributed by atoms with Crippen molar-refractivity contribution in [1.29, 1.82) is 0 Å². The van der Waals surface area contributed by atoms with Crippen molar-refractivity contribution in [3.63, 3.8) is 0 Å². The number of benzene rings is 1. The van der Waals surface area contributed by atoms with Gasteiger partial charge in [0.1, 0.15) is 12.4 Å². The molecule has 4 rings (SSSR count). The molecule has 0 unspecified atom stereocenters. The van der Waals surface area contributed by atoms with Gasteiger partial charge in [-0.2, -0.15) is 4.52 Å². The highest BCUT2D eigenvalue weighted by molar-refractivity contribution is 5.80. The van der Waals surface area contributed by atoms with E-state index >= 15 is 0 Å². The van der Waals surface area contributed by atoms with Crippen LogP contribution in [0, 0.1) is 5.92 Å².